The maximum absolute atomic E-state index is 14.7. The van der Waals surface area contributed by atoms with E-state index in [0.29, 0.717) is 11.4 Å². The smallest absolute Gasteiger partial charge is 0.398 e. The van der Waals surface area contributed by atoms with Crippen molar-refractivity contribution in [1.29, 1.82) is 0 Å². The van der Waals surface area contributed by atoms with Gasteiger partial charge < -0.3 is 9.31 Å². The maximum Gasteiger partial charge on any atom is 0.525 e. The minimum absolute atomic E-state index is 0.441. The highest BCUT2D eigenvalue weighted by atomic mass is 19.1. The molecule has 0 spiro atoms. The Bertz CT molecular complexity index is 747. The van der Waals surface area contributed by atoms with Gasteiger partial charge in [-0.25, -0.2) is 4.39 Å². The molecule has 4 nitrogen and oxygen atoms in total. The van der Waals surface area contributed by atoms with E-state index in [9.17, 15) is 4.39 Å². The predicted molar refractivity (Wildman–Crippen MR) is 92.6 cm³/mol. The van der Waals surface area contributed by atoms with Crippen molar-refractivity contribution in [2.24, 2.45) is 0 Å². The number of benzene rings is 1. The number of hydrogen-bond donors (Lipinski definition) is 0. The summed E-state index contributed by atoms with van der Waals surface area (Å²) in [6, 6.07) is 9.55. The standard InChI is InChI=1S/C18H20BFN2O2/c1-17(2)18(3,4)24-19(23-17)15(20)12-14-16(22-11-10-21-14)13-8-6-5-7-9-13/h5-12H,1-4H3. The van der Waals surface area contributed by atoms with Crippen LogP contribution in [0, 0.1) is 0 Å². The lowest BCUT2D eigenvalue weighted by Crippen LogP contribution is -2.41. The normalized spacial score (nSPS) is 19.5. The Morgan fingerprint density at radius 3 is 2.21 bits per heavy atom. The van der Waals surface area contributed by atoms with Crippen LogP contribution in [0.25, 0.3) is 17.3 Å². The lowest BCUT2D eigenvalue weighted by molar-refractivity contribution is 0.00578. The summed E-state index contributed by atoms with van der Waals surface area (Å²) >= 11 is 0. The molecule has 1 aromatic carbocycles. The van der Waals surface area contributed by atoms with Crippen LogP contribution in [0.1, 0.15) is 33.4 Å². The Morgan fingerprint density at radius 1 is 1.00 bits per heavy atom. The summed E-state index contributed by atoms with van der Waals surface area (Å²) in [5, 5.41) is 0. The van der Waals surface area contributed by atoms with E-state index in [0.717, 1.165) is 5.56 Å². The molecule has 0 aliphatic carbocycles. The van der Waals surface area contributed by atoms with Gasteiger partial charge in [0.2, 0.25) is 0 Å². The van der Waals surface area contributed by atoms with Crippen molar-refractivity contribution in [3.63, 3.8) is 0 Å². The van der Waals surface area contributed by atoms with E-state index in [1.807, 2.05) is 58.0 Å². The van der Waals surface area contributed by atoms with E-state index in [1.165, 1.54) is 12.3 Å². The number of halogens is 1. The maximum atomic E-state index is 14.7. The minimum Gasteiger partial charge on any atom is -0.398 e. The zero-order valence-corrected chi connectivity index (χ0v) is 14.3. The van der Waals surface area contributed by atoms with Crippen molar-refractivity contribution in [2.45, 2.75) is 38.9 Å². The molecule has 0 radical (unpaired) electrons. The number of rotatable bonds is 3. The topological polar surface area (TPSA) is 44.2 Å². The molecule has 1 aliphatic heterocycles. The molecule has 0 N–H and O–H groups in total. The fourth-order valence-corrected chi connectivity index (χ4v) is 2.43. The molecular weight excluding hydrogens is 306 g/mol. The van der Waals surface area contributed by atoms with Crippen LogP contribution in [0.2, 0.25) is 0 Å². The van der Waals surface area contributed by atoms with Gasteiger partial charge >= 0.3 is 7.12 Å². The third kappa shape index (κ3) is 3.12. The summed E-state index contributed by atoms with van der Waals surface area (Å²) in [5.41, 5.74) is 0.228. The summed E-state index contributed by atoms with van der Waals surface area (Å²) in [5.74, 6) is 0. The molecule has 0 saturated carbocycles. The molecule has 1 fully saturated rings. The number of aromatic nitrogens is 2. The molecular formula is C18H20BFN2O2. The Balaban J connectivity index is 1.93. The van der Waals surface area contributed by atoms with Crippen LogP contribution in [0.4, 0.5) is 4.39 Å². The van der Waals surface area contributed by atoms with E-state index < -0.39 is 24.0 Å². The van der Waals surface area contributed by atoms with Crippen LogP contribution < -0.4 is 0 Å². The summed E-state index contributed by atoms with van der Waals surface area (Å²) in [7, 11) is -1.04. The lowest BCUT2D eigenvalue weighted by Gasteiger charge is -2.32. The minimum atomic E-state index is -1.04. The fraction of sp³-hybridized carbons (Fsp3) is 0.333. The molecule has 124 valence electrons. The highest BCUT2D eigenvalue weighted by Crippen LogP contribution is 2.39. The molecule has 0 atom stereocenters. The highest BCUT2D eigenvalue weighted by molar-refractivity contribution is 6.54. The average molecular weight is 326 g/mol. The molecule has 24 heavy (non-hydrogen) atoms. The second-order valence-corrected chi connectivity index (χ2v) is 6.77. The van der Waals surface area contributed by atoms with Crippen LogP contribution in [0.5, 0.6) is 0 Å². The van der Waals surface area contributed by atoms with Crippen molar-refractivity contribution in [3.05, 3.63) is 54.1 Å². The molecule has 0 amide bonds. The lowest BCUT2D eigenvalue weighted by atomic mass is 9.87. The van der Waals surface area contributed by atoms with Crippen molar-refractivity contribution in [1.82, 2.24) is 9.97 Å². The Morgan fingerprint density at radius 2 is 1.58 bits per heavy atom. The third-order valence-corrected chi connectivity index (χ3v) is 4.53. The Labute approximate surface area is 141 Å². The highest BCUT2D eigenvalue weighted by Gasteiger charge is 2.53. The second kappa shape index (κ2) is 6.11. The monoisotopic (exact) mass is 326 g/mol. The van der Waals surface area contributed by atoms with Crippen molar-refractivity contribution < 1.29 is 13.7 Å². The van der Waals surface area contributed by atoms with Crippen LogP contribution >= 0.6 is 0 Å². The van der Waals surface area contributed by atoms with Gasteiger partial charge in [-0.1, -0.05) is 30.3 Å². The predicted octanol–water partition coefficient (Wildman–Crippen LogP) is 4.09. The third-order valence-electron chi connectivity index (χ3n) is 4.53. The van der Waals surface area contributed by atoms with Crippen molar-refractivity contribution in [3.8, 4) is 11.3 Å². The molecule has 0 bridgehead atoms. The van der Waals surface area contributed by atoms with Gasteiger partial charge in [0.15, 0.2) is 0 Å². The van der Waals surface area contributed by atoms with Gasteiger partial charge in [-0.3, -0.25) is 9.97 Å². The van der Waals surface area contributed by atoms with Gasteiger partial charge in [-0.05, 0) is 33.8 Å². The van der Waals surface area contributed by atoms with Gasteiger partial charge in [0.1, 0.15) is 5.73 Å². The van der Waals surface area contributed by atoms with Crippen LogP contribution in [0.3, 0.4) is 0 Å². The van der Waals surface area contributed by atoms with Crippen molar-refractivity contribution >= 4 is 13.2 Å². The Kier molecular flexibility index (Phi) is 4.28. The molecule has 1 saturated heterocycles. The van der Waals surface area contributed by atoms with E-state index >= 15 is 0 Å². The molecule has 1 aliphatic rings. The summed E-state index contributed by atoms with van der Waals surface area (Å²) in [4.78, 5) is 8.58. The van der Waals surface area contributed by atoms with Crippen LogP contribution in [-0.2, 0) is 9.31 Å². The largest absolute Gasteiger partial charge is 0.525 e. The summed E-state index contributed by atoms with van der Waals surface area (Å²) in [6.07, 6.45) is 4.46. The molecule has 2 heterocycles. The first-order valence-electron chi connectivity index (χ1n) is 7.89. The van der Waals surface area contributed by atoms with Gasteiger partial charge in [0, 0.05) is 18.0 Å². The molecule has 2 aromatic rings. The molecule has 6 heteroatoms. The van der Waals surface area contributed by atoms with Crippen LogP contribution in [0.15, 0.2) is 48.5 Å². The summed E-state index contributed by atoms with van der Waals surface area (Å²) in [6.45, 7) is 7.55. The first kappa shape index (κ1) is 16.8. The fourth-order valence-electron chi connectivity index (χ4n) is 2.43. The van der Waals surface area contributed by atoms with E-state index in [4.69, 9.17) is 9.31 Å². The first-order valence-corrected chi connectivity index (χ1v) is 7.89. The van der Waals surface area contributed by atoms with Crippen LogP contribution in [-0.4, -0.2) is 28.3 Å². The van der Waals surface area contributed by atoms with Gasteiger partial charge in [0.05, 0.1) is 22.6 Å². The van der Waals surface area contributed by atoms with Crippen molar-refractivity contribution in [2.75, 3.05) is 0 Å². The molecule has 0 unspecified atom stereocenters. The SMILES string of the molecule is CC1(C)OB(C(F)=Cc2nccnc2-c2ccccc2)OC1(C)C. The molecule has 3 rings (SSSR count). The van der Waals surface area contributed by atoms with Gasteiger partial charge in [0.25, 0.3) is 0 Å². The zero-order valence-electron chi connectivity index (χ0n) is 14.3. The molecule has 1 aromatic heterocycles. The van der Waals surface area contributed by atoms with E-state index in [1.54, 1.807) is 6.20 Å². The van der Waals surface area contributed by atoms with E-state index in [-0.39, 0.29) is 0 Å². The average Bonchev–Trinajstić information content (AvgIpc) is 2.77. The zero-order chi connectivity index (χ0) is 17.4. The van der Waals surface area contributed by atoms with Gasteiger partial charge in [-0.15, -0.1) is 0 Å². The Hall–Kier alpha value is -2.05. The summed E-state index contributed by atoms with van der Waals surface area (Å²) < 4.78 is 26.2. The van der Waals surface area contributed by atoms with Gasteiger partial charge in [-0.2, -0.15) is 0 Å². The number of hydrogen-bond acceptors (Lipinski definition) is 4. The quantitative estimate of drug-likeness (QED) is 0.797. The first-order chi connectivity index (χ1) is 11.3. The second-order valence-electron chi connectivity index (χ2n) is 6.77. The van der Waals surface area contributed by atoms with E-state index in [2.05, 4.69) is 9.97 Å². The number of nitrogens with zero attached hydrogens (tertiary/aromatic N) is 2.